The molecule has 0 amide bonds. The van der Waals surface area contributed by atoms with Gasteiger partial charge in [0.25, 0.3) is 0 Å². The summed E-state index contributed by atoms with van der Waals surface area (Å²) < 4.78 is 0. The zero-order chi connectivity index (χ0) is 19.4. The molecular formula is C12H12Ca3O15. The molecule has 0 aromatic heterocycles. The van der Waals surface area contributed by atoms with Crippen molar-refractivity contribution in [1.82, 2.24) is 0 Å². The normalized spacial score (nSPS) is 8.67. The van der Waals surface area contributed by atoms with E-state index in [0.717, 1.165) is 0 Å². The van der Waals surface area contributed by atoms with Crippen LogP contribution in [0.2, 0.25) is 0 Å². The van der Waals surface area contributed by atoms with Crippen LogP contribution in [0.5, 0.6) is 0 Å². The Balaban J connectivity index is -0.0000000448. The summed E-state index contributed by atoms with van der Waals surface area (Å²) in [5.74, 6) is -10.7. The van der Waals surface area contributed by atoms with Crippen molar-refractivity contribution in [2.75, 3.05) is 0 Å². The monoisotopic (exact) mass is 516 g/mol. The molecular weight excluding hydrogens is 504 g/mol. The Labute approximate surface area is 257 Å². The summed E-state index contributed by atoms with van der Waals surface area (Å²) in [6.07, 6.45) is -1.75. The number of carboxylic acids is 6. The van der Waals surface area contributed by atoms with E-state index in [1.807, 2.05) is 0 Å². The first-order valence-electron chi connectivity index (χ1n) is 5.52. The smallest absolute Gasteiger partial charge is 0.550 e. The molecule has 6 N–H and O–H groups in total. The Morgan fingerprint density at radius 1 is 0.500 bits per heavy atom. The average Bonchev–Trinajstić information content (AvgIpc) is 2.35. The van der Waals surface area contributed by atoms with Crippen LogP contribution in [0, 0.1) is 0 Å². The Hall–Kier alpha value is -0.0408. The molecule has 0 heterocycles. The first kappa shape index (κ1) is 52.1. The van der Waals surface area contributed by atoms with Gasteiger partial charge < -0.3 is 75.8 Å². The van der Waals surface area contributed by atoms with Gasteiger partial charge >= 0.3 is 113 Å². The van der Waals surface area contributed by atoms with Crippen LogP contribution in [-0.2, 0) is 28.8 Å². The number of rotatable bonds is 8. The number of carbonyl (C=O) groups is 6. The minimum Gasteiger partial charge on any atom is -0.550 e. The molecule has 0 unspecified atom stereocenters. The quantitative estimate of drug-likeness (QED) is 0.214. The number of carbonyl (C=O) groups excluding carboxylic acids is 6. The molecule has 30 heavy (non-hydrogen) atoms. The zero-order valence-electron chi connectivity index (χ0n) is 15.1. The fourth-order valence-electron chi connectivity index (χ4n) is 0.960. The third kappa shape index (κ3) is 35.4. The third-order valence-electron chi connectivity index (χ3n) is 1.78. The van der Waals surface area contributed by atoms with Crippen LogP contribution in [0.1, 0.15) is 12.8 Å². The summed E-state index contributed by atoms with van der Waals surface area (Å²) in [6.45, 7) is 0. The van der Waals surface area contributed by atoms with E-state index in [-0.39, 0.29) is 142 Å². The summed E-state index contributed by atoms with van der Waals surface area (Å²) in [6, 6.07) is 0. The Morgan fingerprint density at radius 2 is 0.700 bits per heavy atom. The molecule has 15 nitrogen and oxygen atoms in total. The zero-order valence-corrected chi connectivity index (χ0v) is 21.7. The predicted octanol–water partition coefficient (Wildman–Crippen LogP) is -12.5. The maximum Gasteiger partial charge on any atom is 2.00 e. The minimum atomic E-state index is -1.87. The van der Waals surface area contributed by atoms with E-state index in [2.05, 4.69) is 0 Å². The molecule has 0 fully saturated rings. The van der Waals surface area contributed by atoms with Crippen molar-refractivity contribution in [1.29, 1.82) is 0 Å². The largest absolute Gasteiger partial charge is 2.00 e. The van der Waals surface area contributed by atoms with Gasteiger partial charge in [0.05, 0.1) is 23.9 Å². The van der Waals surface area contributed by atoms with Crippen LogP contribution < -0.4 is 30.6 Å². The van der Waals surface area contributed by atoms with E-state index in [9.17, 15) is 59.4 Å². The second kappa shape index (κ2) is 29.0. The van der Waals surface area contributed by atoms with Crippen LogP contribution >= 0.6 is 0 Å². The summed E-state index contributed by atoms with van der Waals surface area (Å²) in [4.78, 5) is 59.3. The molecule has 0 atom stereocenters. The van der Waals surface area contributed by atoms with Gasteiger partial charge in [0.1, 0.15) is 0 Å². The molecule has 18 heteroatoms. The van der Waals surface area contributed by atoms with Gasteiger partial charge in [0, 0.05) is 24.8 Å². The van der Waals surface area contributed by atoms with Crippen molar-refractivity contribution in [2.45, 2.75) is 12.8 Å². The number of hydrogen-bond acceptors (Lipinski definition) is 12. The van der Waals surface area contributed by atoms with Crippen molar-refractivity contribution in [2.24, 2.45) is 0 Å². The SMILES string of the molecule is O.O.O.O=C([O-])C=C(CC(=O)[O-])C(=O)[O-].O=C([O-])C=C(CC(=O)[O-])C(=O)[O-].[Ca+2].[Ca+2].[Ca+2]. The van der Waals surface area contributed by atoms with E-state index >= 15 is 0 Å². The molecule has 0 saturated carbocycles. The molecule has 0 aromatic carbocycles. The standard InChI is InChI=1S/2C6H6O6.3Ca.3H2O/c2*7-4(8)1-3(6(11)12)2-5(9)10;;;;;;/h2*1H,2H2,(H,7,8)(H,9,10)(H,11,12);;;;3*1H2/q;;3*+2;;;/p-6. The predicted molar refractivity (Wildman–Crippen MR) is 83.5 cm³/mol. The van der Waals surface area contributed by atoms with E-state index < -0.39 is 59.8 Å². The van der Waals surface area contributed by atoms with Crippen LogP contribution in [0.3, 0.4) is 0 Å². The van der Waals surface area contributed by atoms with Gasteiger partial charge in [-0.2, -0.15) is 0 Å². The van der Waals surface area contributed by atoms with Crippen molar-refractivity contribution in [3.8, 4) is 0 Å². The van der Waals surface area contributed by atoms with Crippen LogP contribution in [0.15, 0.2) is 23.3 Å². The van der Waals surface area contributed by atoms with Gasteiger partial charge in [-0.05, 0) is 23.3 Å². The summed E-state index contributed by atoms with van der Waals surface area (Å²) in [5, 5.41) is 59.3. The molecule has 0 spiro atoms. The molecule has 0 saturated heterocycles. The third-order valence-corrected chi connectivity index (χ3v) is 1.78. The summed E-state index contributed by atoms with van der Waals surface area (Å²) >= 11 is 0. The van der Waals surface area contributed by atoms with Crippen LogP contribution in [0.25, 0.3) is 0 Å². The van der Waals surface area contributed by atoms with E-state index in [4.69, 9.17) is 0 Å². The van der Waals surface area contributed by atoms with Crippen molar-refractivity contribution >= 4 is 149 Å². The minimum absolute atomic E-state index is 0. The van der Waals surface area contributed by atoms with Gasteiger partial charge in [0.2, 0.25) is 0 Å². The van der Waals surface area contributed by atoms with Gasteiger partial charge in [-0.3, -0.25) is 0 Å². The second-order valence-electron chi connectivity index (χ2n) is 3.65. The number of aliphatic carboxylic acids is 6. The molecule has 0 bridgehead atoms. The Kier molecular flexibility index (Phi) is 50.3. The molecule has 156 valence electrons. The maximum atomic E-state index is 10.0. The average molecular weight is 516 g/mol. The van der Waals surface area contributed by atoms with Gasteiger partial charge in [-0.25, -0.2) is 0 Å². The topological polar surface area (TPSA) is 335 Å². The molecule has 0 radical (unpaired) electrons. The first-order valence-corrected chi connectivity index (χ1v) is 5.52. The molecule has 0 aliphatic heterocycles. The van der Waals surface area contributed by atoms with Crippen molar-refractivity contribution < 1.29 is 75.8 Å². The molecule has 0 aliphatic rings. The van der Waals surface area contributed by atoms with Crippen molar-refractivity contribution in [3.05, 3.63) is 23.3 Å². The Morgan fingerprint density at radius 3 is 0.800 bits per heavy atom. The maximum absolute atomic E-state index is 10.0. The Bertz CT molecular complexity index is 572. The molecule has 0 aromatic rings. The van der Waals surface area contributed by atoms with E-state index in [1.165, 1.54) is 0 Å². The van der Waals surface area contributed by atoms with Crippen molar-refractivity contribution in [3.63, 3.8) is 0 Å². The van der Waals surface area contributed by atoms with Gasteiger partial charge in [0.15, 0.2) is 0 Å². The van der Waals surface area contributed by atoms with Crippen LogP contribution in [0.4, 0.5) is 0 Å². The fraction of sp³-hybridized carbons (Fsp3) is 0.167. The number of hydrogen-bond donors (Lipinski definition) is 0. The fourth-order valence-corrected chi connectivity index (χ4v) is 0.960. The molecule has 0 rings (SSSR count). The van der Waals surface area contributed by atoms with E-state index in [1.54, 1.807) is 0 Å². The van der Waals surface area contributed by atoms with E-state index in [0.29, 0.717) is 0 Å². The second-order valence-corrected chi connectivity index (χ2v) is 3.65. The first-order chi connectivity index (χ1) is 10.9. The molecule has 0 aliphatic carbocycles. The summed E-state index contributed by atoms with van der Waals surface area (Å²) in [7, 11) is 0. The van der Waals surface area contributed by atoms with Crippen LogP contribution in [-0.4, -0.2) is 165 Å². The van der Waals surface area contributed by atoms with Gasteiger partial charge in [-0.1, -0.05) is 0 Å². The van der Waals surface area contributed by atoms with Gasteiger partial charge in [-0.15, -0.1) is 0 Å². The summed E-state index contributed by atoms with van der Waals surface area (Å²) in [5.41, 5.74) is -1.79. The number of carboxylic acid groups (broad SMARTS) is 6.